The number of nitrogens with zero attached hydrogens (tertiary/aromatic N) is 1. The number of aryl methyl sites for hydroxylation is 1. The molecule has 4 rings (SSSR count). The van der Waals surface area contributed by atoms with Crippen LogP contribution in [0, 0.1) is 24.5 Å². The Morgan fingerprint density at radius 1 is 0.939 bits per heavy atom. The molecule has 1 fully saturated rings. The highest BCUT2D eigenvalue weighted by Gasteiger charge is 2.36. The molecule has 0 saturated carbocycles. The van der Waals surface area contributed by atoms with Crippen molar-refractivity contribution in [1.29, 1.82) is 0 Å². The summed E-state index contributed by atoms with van der Waals surface area (Å²) >= 11 is 0. The Morgan fingerprint density at radius 3 is 2.42 bits per heavy atom. The van der Waals surface area contributed by atoms with Crippen molar-refractivity contribution in [3.8, 4) is 0 Å². The SMILES string of the molecule is Cc1cccc(C2CCC(C(=O)NCc3cccc(F)c3)CN2C(=O)c2ccc(F)cc2)c1. The van der Waals surface area contributed by atoms with E-state index in [0.29, 0.717) is 24.0 Å². The smallest absolute Gasteiger partial charge is 0.254 e. The summed E-state index contributed by atoms with van der Waals surface area (Å²) in [5, 5.41) is 2.87. The predicted octanol–water partition coefficient (Wildman–Crippen LogP) is 5.18. The number of benzene rings is 3. The largest absolute Gasteiger partial charge is 0.352 e. The zero-order chi connectivity index (χ0) is 23.4. The van der Waals surface area contributed by atoms with E-state index in [1.54, 1.807) is 17.0 Å². The number of carbonyl (C=O) groups is 2. The number of halogens is 2. The van der Waals surface area contributed by atoms with E-state index in [0.717, 1.165) is 11.1 Å². The number of hydrogen-bond donors (Lipinski definition) is 1. The number of piperidine rings is 1. The van der Waals surface area contributed by atoms with Crippen LogP contribution in [0.15, 0.2) is 72.8 Å². The molecule has 0 aliphatic carbocycles. The topological polar surface area (TPSA) is 49.4 Å². The van der Waals surface area contributed by atoms with Crippen molar-refractivity contribution in [3.05, 3.63) is 107 Å². The van der Waals surface area contributed by atoms with E-state index in [1.807, 2.05) is 25.1 Å². The Kier molecular flexibility index (Phi) is 6.82. The second-order valence-electron chi connectivity index (χ2n) is 8.52. The maximum Gasteiger partial charge on any atom is 0.254 e. The third-order valence-electron chi connectivity index (χ3n) is 6.09. The third-order valence-corrected chi connectivity index (χ3v) is 6.09. The number of hydrogen-bond acceptors (Lipinski definition) is 2. The molecule has 1 heterocycles. The van der Waals surface area contributed by atoms with Crippen molar-refractivity contribution in [3.63, 3.8) is 0 Å². The Morgan fingerprint density at radius 2 is 1.70 bits per heavy atom. The monoisotopic (exact) mass is 448 g/mol. The summed E-state index contributed by atoms with van der Waals surface area (Å²) in [5.74, 6) is -1.54. The lowest BCUT2D eigenvalue weighted by atomic mass is 9.87. The fourth-order valence-electron chi connectivity index (χ4n) is 4.37. The van der Waals surface area contributed by atoms with Crippen LogP contribution in [0.25, 0.3) is 0 Å². The molecule has 2 atom stereocenters. The average Bonchev–Trinajstić information content (AvgIpc) is 2.82. The Labute approximate surface area is 192 Å². The van der Waals surface area contributed by atoms with Gasteiger partial charge in [-0.05, 0) is 67.3 Å². The van der Waals surface area contributed by atoms with E-state index in [-0.39, 0.29) is 42.7 Å². The molecule has 2 amide bonds. The molecule has 1 aliphatic rings. The molecule has 2 unspecified atom stereocenters. The Bertz CT molecular complexity index is 1150. The summed E-state index contributed by atoms with van der Waals surface area (Å²) in [4.78, 5) is 28.0. The van der Waals surface area contributed by atoms with Crippen molar-refractivity contribution < 1.29 is 18.4 Å². The van der Waals surface area contributed by atoms with Crippen LogP contribution in [0.3, 0.4) is 0 Å². The van der Waals surface area contributed by atoms with Gasteiger partial charge in [0, 0.05) is 18.7 Å². The lowest BCUT2D eigenvalue weighted by Crippen LogP contribution is -2.46. The van der Waals surface area contributed by atoms with Gasteiger partial charge < -0.3 is 10.2 Å². The van der Waals surface area contributed by atoms with Gasteiger partial charge in [0.05, 0.1) is 12.0 Å². The van der Waals surface area contributed by atoms with Crippen LogP contribution in [-0.2, 0) is 11.3 Å². The average molecular weight is 449 g/mol. The Hall–Kier alpha value is -3.54. The van der Waals surface area contributed by atoms with Crippen LogP contribution in [0.1, 0.15) is 45.9 Å². The molecule has 170 valence electrons. The lowest BCUT2D eigenvalue weighted by molar-refractivity contribution is -0.127. The molecule has 3 aromatic carbocycles. The summed E-state index contributed by atoms with van der Waals surface area (Å²) < 4.78 is 26.8. The first-order valence-electron chi connectivity index (χ1n) is 11.1. The van der Waals surface area contributed by atoms with Crippen LogP contribution in [0.2, 0.25) is 0 Å². The van der Waals surface area contributed by atoms with Gasteiger partial charge in [0.1, 0.15) is 11.6 Å². The minimum atomic E-state index is -0.407. The van der Waals surface area contributed by atoms with E-state index in [4.69, 9.17) is 0 Å². The maximum atomic E-state index is 13.4. The highest BCUT2D eigenvalue weighted by molar-refractivity contribution is 5.95. The van der Waals surface area contributed by atoms with Gasteiger partial charge in [-0.2, -0.15) is 0 Å². The molecule has 0 radical (unpaired) electrons. The van der Waals surface area contributed by atoms with Crippen molar-refractivity contribution in [2.24, 2.45) is 5.92 Å². The fourth-order valence-corrected chi connectivity index (χ4v) is 4.37. The summed E-state index contributed by atoms with van der Waals surface area (Å²) in [6, 6.07) is 19.4. The zero-order valence-electron chi connectivity index (χ0n) is 18.4. The van der Waals surface area contributed by atoms with Gasteiger partial charge in [0.2, 0.25) is 5.91 Å². The molecule has 1 aliphatic heterocycles. The van der Waals surface area contributed by atoms with Gasteiger partial charge in [-0.3, -0.25) is 9.59 Å². The maximum absolute atomic E-state index is 13.4. The molecule has 3 aromatic rings. The molecule has 4 nitrogen and oxygen atoms in total. The number of rotatable bonds is 5. The first-order chi connectivity index (χ1) is 15.9. The van der Waals surface area contributed by atoms with Crippen LogP contribution in [-0.4, -0.2) is 23.3 Å². The van der Waals surface area contributed by atoms with Crippen molar-refractivity contribution in [1.82, 2.24) is 10.2 Å². The van der Waals surface area contributed by atoms with Gasteiger partial charge in [-0.15, -0.1) is 0 Å². The Balaban J connectivity index is 1.53. The molecule has 0 bridgehead atoms. The molecule has 6 heteroatoms. The quantitative estimate of drug-likeness (QED) is 0.585. The van der Waals surface area contributed by atoms with Crippen LogP contribution in [0.4, 0.5) is 8.78 Å². The highest BCUT2D eigenvalue weighted by atomic mass is 19.1. The van der Waals surface area contributed by atoms with Crippen molar-refractivity contribution in [2.75, 3.05) is 6.54 Å². The summed E-state index contributed by atoms with van der Waals surface area (Å²) in [6.45, 7) is 2.48. The van der Waals surface area contributed by atoms with Crippen LogP contribution >= 0.6 is 0 Å². The molecular formula is C27H26F2N2O2. The summed E-state index contributed by atoms with van der Waals surface area (Å²) in [7, 11) is 0. The van der Waals surface area contributed by atoms with E-state index < -0.39 is 5.82 Å². The van der Waals surface area contributed by atoms with Gasteiger partial charge in [-0.1, -0.05) is 42.0 Å². The molecule has 1 N–H and O–H groups in total. The van der Waals surface area contributed by atoms with E-state index in [9.17, 15) is 18.4 Å². The highest BCUT2D eigenvalue weighted by Crippen LogP contribution is 2.35. The molecular weight excluding hydrogens is 422 g/mol. The molecule has 0 aromatic heterocycles. The van der Waals surface area contributed by atoms with Crippen molar-refractivity contribution in [2.45, 2.75) is 32.4 Å². The van der Waals surface area contributed by atoms with Gasteiger partial charge in [0.25, 0.3) is 5.91 Å². The first-order valence-corrected chi connectivity index (χ1v) is 11.1. The van der Waals surface area contributed by atoms with Crippen LogP contribution < -0.4 is 5.32 Å². The van der Waals surface area contributed by atoms with Gasteiger partial charge >= 0.3 is 0 Å². The number of carbonyl (C=O) groups excluding carboxylic acids is 2. The van der Waals surface area contributed by atoms with E-state index in [2.05, 4.69) is 11.4 Å². The van der Waals surface area contributed by atoms with Gasteiger partial charge in [-0.25, -0.2) is 8.78 Å². The van der Waals surface area contributed by atoms with Crippen LogP contribution in [0.5, 0.6) is 0 Å². The summed E-state index contributed by atoms with van der Waals surface area (Å²) in [5.41, 5.74) is 3.17. The number of amides is 2. The minimum Gasteiger partial charge on any atom is -0.352 e. The molecule has 33 heavy (non-hydrogen) atoms. The normalized spacial score (nSPS) is 18.1. The molecule has 1 saturated heterocycles. The second kappa shape index (κ2) is 9.94. The number of nitrogens with one attached hydrogen (secondary N) is 1. The summed E-state index contributed by atoms with van der Waals surface area (Å²) in [6.07, 6.45) is 1.26. The van der Waals surface area contributed by atoms with E-state index >= 15 is 0 Å². The standard InChI is InChI=1S/C27H26F2N2O2/c1-18-4-2-6-21(14-18)25-13-10-22(26(32)30-16-19-5-3-7-24(29)15-19)17-31(25)27(33)20-8-11-23(28)12-9-20/h2-9,11-12,14-15,22,25H,10,13,16-17H2,1H3,(H,30,32). The molecule has 0 spiro atoms. The minimum absolute atomic E-state index is 0.168. The van der Waals surface area contributed by atoms with E-state index in [1.165, 1.54) is 36.4 Å². The zero-order valence-corrected chi connectivity index (χ0v) is 18.4. The van der Waals surface area contributed by atoms with Crippen molar-refractivity contribution >= 4 is 11.8 Å². The predicted molar refractivity (Wildman–Crippen MR) is 122 cm³/mol. The first kappa shape index (κ1) is 22.6. The number of likely N-dealkylation sites (tertiary alicyclic amines) is 1. The fraction of sp³-hybridized carbons (Fsp3) is 0.259. The second-order valence-corrected chi connectivity index (χ2v) is 8.52. The van der Waals surface area contributed by atoms with Gasteiger partial charge in [0.15, 0.2) is 0 Å². The third kappa shape index (κ3) is 5.45. The lowest BCUT2D eigenvalue weighted by Gasteiger charge is -2.39.